The van der Waals surface area contributed by atoms with Crippen LogP contribution in [0.2, 0.25) is 5.02 Å². The van der Waals surface area contributed by atoms with Gasteiger partial charge in [0.2, 0.25) is 5.91 Å². The lowest BCUT2D eigenvalue weighted by molar-refractivity contribution is -0.116. The summed E-state index contributed by atoms with van der Waals surface area (Å²) in [6.07, 6.45) is 1.57. The average molecular weight is 646 g/mol. The summed E-state index contributed by atoms with van der Waals surface area (Å²) in [7, 11) is 0. The topological polar surface area (TPSA) is 87.3 Å². The smallest absolute Gasteiger partial charge is 0.272 e. The van der Waals surface area contributed by atoms with Gasteiger partial charge in [-0.05, 0) is 96.8 Å². The van der Waals surface area contributed by atoms with Crippen LogP contribution in [-0.4, -0.2) is 17.7 Å². The highest BCUT2D eigenvalue weighted by Gasteiger charge is 2.23. The maximum absolute atomic E-state index is 13.6. The van der Waals surface area contributed by atoms with Crippen LogP contribution in [0.25, 0.3) is 6.08 Å². The summed E-state index contributed by atoms with van der Waals surface area (Å²) in [4.78, 5) is 40.8. The summed E-state index contributed by atoms with van der Waals surface area (Å²) < 4.78 is 0. The molecule has 0 radical (unpaired) electrons. The number of nitrogens with one attached hydrogen (secondary N) is 3. The van der Waals surface area contributed by atoms with E-state index in [0.717, 1.165) is 27.3 Å². The fourth-order valence-electron chi connectivity index (χ4n) is 4.63. The van der Waals surface area contributed by atoms with Gasteiger partial charge in [0.15, 0.2) is 0 Å². The molecule has 0 aromatic heterocycles. The first kappa shape index (κ1) is 32.3. The zero-order valence-corrected chi connectivity index (χ0v) is 26.9. The molecule has 46 heavy (non-hydrogen) atoms. The first-order valence-electron chi connectivity index (χ1n) is 14.6. The van der Waals surface area contributed by atoms with Crippen LogP contribution in [0.4, 0.5) is 11.4 Å². The molecule has 5 rings (SSSR count). The first-order valence-corrected chi connectivity index (χ1v) is 15.9. The second-order valence-corrected chi connectivity index (χ2v) is 12.2. The SMILES string of the molecule is Cc1ccc(C)c(NC(=O)C(Sc2ccc(NC(=O)/C(=C/c3cccc(Cl)c3)NC(=O)c3ccccc3)cc2)c2ccccc2)c1. The molecule has 0 heterocycles. The molecule has 0 saturated carbocycles. The van der Waals surface area contributed by atoms with Crippen LogP contribution < -0.4 is 16.0 Å². The van der Waals surface area contributed by atoms with Crippen molar-refractivity contribution in [2.24, 2.45) is 0 Å². The molecule has 1 atom stereocenters. The molecule has 0 fully saturated rings. The summed E-state index contributed by atoms with van der Waals surface area (Å²) in [5.74, 6) is -1.05. The van der Waals surface area contributed by atoms with E-state index in [4.69, 9.17) is 11.6 Å². The molecule has 0 aliphatic rings. The van der Waals surface area contributed by atoms with Crippen LogP contribution in [0.1, 0.15) is 37.9 Å². The molecule has 0 aliphatic heterocycles. The van der Waals surface area contributed by atoms with Gasteiger partial charge in [0, 0.05) is 26.9 Å². The molecule has 3 amide bonds. The van der Waals surface area contributed by atoms with E-state index in [1.165, 1.54) is 11.8 Å². The van der Waals surface area contributed by atoms with Gasteiger partial charge in [-0.25, -0.2) is 0 Å². The maximum atomic E-state index is 13.6. The van der Waals surface area contributed by atoms with E-state index in [1.54, 1.807) is 66.7 Å². The Morgan fingerprint density at radius 3 is 2.13 bits per heavy atom. The Hall–Kier alpha value is -5.11. The number of hydrogen-bond acceptors (Lipinski definition) is 4. The first-order chi connectivity index (χ1) is 22.2. The Kier molecular flexibility index (Phi) is 10.7. The highest BCUT2D eigenvalue weighted by atomic mass is 35.5. The number of anilines is 2. The van der Waals surface area contributed by atoms with Crippen molar-refractivity contribution in [3.05, 3.63) is 166 Å². The molecule has 8 heteroatoms. The second-order valence-electron chi connectivity index (χ2n) is 10.6. The van der Waals surface area contributed by atoms with E-state index < -0.39 is 17.1 Å². The maximum Gasteiger partial charge on any atom is 0.272 e. The van der Waals surface area contributed by atoms with Gasteiger partial charge in [-0.15, -0.1) is 11.8 Å². The summed E-state index contributed by atoms with van der Waals surface area (Å²) in [6.45, 7) is 3.96. The Morgan fingerprint density at radius 1 is 0.739 bits per heavy atom. The second kappa shape index (κ2) is 15.3. The zero-order valence-electron chi connectivity index (χ0n) is 25.3. The number of halogens is 1. The van der Waals surface area contributed by atoms with Gasteiger partial charge in [-0.2, -0.15) is 0 Å². The van der Waals surface area contributed by atoms with Crippen molar-refractivity contribution in [2.45, 2.75) is 24.0 Å². The van der Waals surface area contributed by atoms with Gasteiger partial charge in [-0.3, -0.25) is 14.4 Å². The lowest BCUT2D eigenvalue weighted by Gasteiger charge is -2.18. The molecule has 0 aliphatic carbocycles. The monoisotopic (exact) mass is 645 g/mol. The molecular weight excluding hydrogens is 614 g/mol. The molecule has 1 unspecified atom stereocenters. The Bertz CT molecular complexity index is 1880. The van der Waals surface area contributed by atoms with Gasteiger partial charge in [0.05, 0.1) is 0 Å². The number of amides is 3. The van der Waals surface area contributed by atoms with E-state index in [2.05, 4.69) is 16.0 Å². The van der Waals surface area contributed by atoms with Gasteiger partial charge in [0.1, 0.15) is 10.9 Å². The van der Waals surface area contributed by atoms with Crippen molar-refractivity contribution in [3.8, 4) is 0 Å². The van der Waals surface area contributed by atoms with Crippen LogP contribution in [-0.2, 0) is 9.59 Å². The van der Waals surface area contributed by atoms with Crippen LogP contribution in [0.3, 0.4) is 0 Å². The van der Waals surface area contributed by atoms with Crippen molar-refractivity contribution in [3.63, 3.8) is 0 Å². The minimum atomic E-state index is -0.512. The minimum absolute atomic E-state index is 0.0572. The highest BCUT2D eigenvalue weighted by Crippen LogP contribution is 2.37. The number of benzene rings is 5. The Labute approximate surface area is 277 Å². The Morgan fingerprint density at radius 2 is 1.43 bits per heavy atom. The van der Waals surface area contributed by atoms with Crippen molar-refractivity contribution in [2.75, 3.05) is 10.6 Å². The minimum Gasteiger partial charge on any atom is -0.325 e. The van der Waals surface area contributed by atoms with Crippen molar-refractivity contribution in [1.29, 1.82) is 0 Å². The highest BCUT2D eigenvalue weighted by molar-refractivity contribution is 8.00. The van der Waals surface area contributed by atoms with Gasteiger partial charge >= 0.3 is 0 Å². The van der Waals surface area contributed by atoms with Crippen molar-refractivity contribution < 1.29 is 14.4 Å². The number of thioether (sulfide) groups is 1. The summed E-state index contributed by atoms with van der Waals surface area (Å²) in [5, 5.41) is 8.70. The average Bonchev–Trinajstić information content (AvgIpc) is 3.06. The van der Waals surface area contributed by atoms with Crippen LogP contribution in [0.5, 0.6) is 0 Å². The zero-order chi connectivity index (χ0) is 32.5. The van der Waals surface area contributed by atoms with Gasteiger partial charge < -0.3 is 16.0 Å². The van der Waals surface area contributed by atoms with Gasteiger partial charge in [0.25, 0.3) is 11.8 Å². The fourth-order valence-corrected chi connectivity index (χ4v) is 5.85. The standard InChI is InChI=1S/C38H32ClN3O3S/c1-25-16-17-26(2)33(22-25)41-38(45)35(28-11-5-3-6-12-28)46-32-20-18-31(19-21-32)40-37(44)34(24-27-10-9-15-30(39)23-27)42-36(43)29-13-7-4-8-14-29/h3-24,35H,1-2H3,(H,40,44)(H,41,45)(H,42,43)/b34-24-. The molecule has 0 saturated heterocycles. The molecule has 5 aromatic carbocycles. The van der Waals surface area contributed by atoms with E-state index in [1.807, 2.05) is 80.6 Å². The van der Waals surface area contributed by atoms with Crippen LogP contribution in [0.15, 0.2) is 138 Å². The number of aryl methyl sites for hydroxylation is 2. The number of carbonyl (C=O) groups excluding carboxylic acids is 3. The molecule has 0 bridgehead atoms. The molecule has 230 valence electrons. The summed E-state index contributed by atoms with van der Waals surface area (Å²) in [6, 6.07) is 38.5. The number of carbonyl (C=O) groups is 3. The molecule has 5 aromatic rings. The predicted molar refractivity (Wildman–Crippen MR) is 188 cm³/mol. The van der Waals surface area contributed by atoms with Crippen molar-refractivity contribution >= 4 is 58.5 Å². The predicted octanol–water partition coefficient (Wildman–Crippen LogP) is 8.84. The fraction of sp³-hybridized carbons (Fsp3) is 0.0789. The third-order valence-electron chi connectivity index (χ3n) is 7.05. The normalized spacial score (nSPS) is 11.8. The van der Waals surface area contributed by atoms with Crippen molar-refractivity contribution in [1.82, 2.24) is 5.32 Å². The summed E-state index contributed by atoms with van der Waals surface area (Å²) >= 11 is 7.57. The molecule has 0 spiro atoms. The van der Waals surface area contributed by atoms with E-state index in [-0.39, 0.29) is 11.6 Å². The third kappa shape index (κ3) is 8.75. The summed E-state index contributed by atoms with van der Waals surface area (Å²) in [5.41, 5.74) is 5.36. The van der Waals surface area contributed by atoms with E-state index in [9.17, 15) is 14.4 Å². The van der Waals surface area contributed by atoms with Crippen LogP contribution >= 0.6 is 23.4 Å². The largest absolute Gasteiger partial charge is 0.325 e. The molecular formula is C38H32ClN3O3S. The van der Waals surface area contributed by atoms with E-state index >= 15 is 0 Å². The van der Waals surface area contributed by atoms with E-state index in [0.29, 0.717) is 21.8 Å². The lowest BCUT2D eigenvalue weighted by Crippen LogP contribution is -2.30. The molecule has 6 nitrogen and oxygen atoms in total. The van der Waals surface area contributed by atoms with Crippen LogP contribution in [0, 0.1) is 13.8 Å². The Balaban J connectivity index is 1.33. The number of rotatable bonds is 10. The third-order valence-corrected chi connectivity index (χ3v) is 8.55. The lowest BCUT2D eigenvalue weighted by atomic mass is 10.1. The number of hydrogen-bond donors (Lipinski definition) is 3. The quantitative estimate of drug-likeness (QED) is 0.105. The van der Waals surface area contributed by atoms with Gasteiger partial charge in [-0.1, -0.05) is 84.4 Å². The molecule has 3 N–H and O–H groups in total.